The molecule has 0 radical (unpaired) electrons. The largest absolute Gasteiger partial charge is 0.466 e. The second-order valence-electron chi connectivity index (χ2n) is 4.24. The predicted molar refractivity (Wildman–Crippen MR) is 54.0 cm³/mol. The van der Waals surface area contributed by atoms with E-state index >= 15 is 0 Å². The maximum Gasteiger partial charge on any atom is 0.305 e. The quantitative estimate of drug-likeness (QED) is 0.377. The summed E-state index contributed by atoms with van der Waals surface area (Å²) >= 11 is 0. The van der Waals surface area contributed by atoms with E-state index in [0.717, 1.165) is 6.42 Å². The summed E-state index contributed by atoms with van der Waals surface area (Å²) in [5.74, 6) is -0.0782. The average molecular weight is 188 g/mol. The highest BCUT2D eigenvalue weighted by Crippen LogP contribution is 2.10. The van der Waals surface area contributed by atoms with Crippen molar-refractivity contribution in [1.82, 2.24) is 0 Å². The molecule has 0 aliphatic rings. The zero-order valence-corrected chi connectivity index (χ0v) is 9.64. The first-order chi connectivity index (χ1) is 5.45. The zero-order chi connectivity index (χ0) is 9.61. The summed E-state index contributed by atoms with van der Waals surface area (Å²) in [6, 6.07) is 1.24. The molecule has 0 atom stereocenters. The van der Waals surface area contributed by atoms with E-state index in [1.165, 1.54) is 6.04 Å². The lowest BCUT2D eigenvalue weighted by atomic mass is 10.5. The van der Waals surface area contributed by atoms with Gasteiger partial charge in [0.05, 0.1) is 6.61 Å². The summed E-state index contributed by atoms with van der Waals surface area (Å²) in [6.07, 6.45) is 1.52. The first-order valence-corrected chi connectivity index (χ1v) is 8.32. The summed E-state index contributed by atoms with van der Waals surface area (Å²) < 4.78 is 4.97. The normalized spacial score (nSPS) is 11.3. The zero-order valence-electron chi connectivity index (χ0n) is 8.64. The fraction of sp³-hybridized carbons (Fsp3) is 0.889. The van der Waals surface area contributed by atoms with Crippen LogP contribution in [-0.2, 0) is 9.53 Å². The van der Waals surface area contributed by atoms with Crippen molar-refractivity contribution in [2.75, 3.05) is 6.61 Å². The van der Waals surface area contributed by atoms with Gasteiger partial charge in [-0.2, -0.15) is 0 Å². The van der Waals surface area contributed by atoms with Crippen LogP contribution in [0.15, 0.2) is 0 Å². The third kappa shape index (κ3) is 7.79. The van der Waals surface area contributed by atoms with Gasteiger partial charge in [0.25, 0.3) is 0 Å². The molecule has 0 aliphatic heterocycles. The van der Waals surface area contributed by atoms with Gasteiger partial charge in [-0.05, 0) is 6.42 Å². The van der Waals surface area contributed by atoms with Crippen LogP contribution < -0.4 is 0 Å². The first-order valence-electron chi connectivity index (χ1n) is 4.61. The van der Waals surface area contributed by atoms with Crippen LogP contribution in [0.4, 0.5) is 0 Å². The van der Waals surface area contributed by atoms with Crippen molar-refractivity contribution < 1.29 is 9.53 Å². The fourth-order valence-electron chi connectivity index (χ4n) is 0.891. The van der Waals surface area contributed by atoms with E-state index in [1.54, 1.807) is 0 Å². The predicted octanol–water partition coefficient (Wildman–Crippen LogP) is 2.67. The molecule has 0 N–H and O–H groups in total. The van der Waals surface area contributed by atoms with Crippen LogP contribution in [0.2, 0.25) is 25.7 Å². The average Bonchev–Trinajstić information content (AvgIpc) is 1.96. The van der Waals surface area contributed by atoms with E-state index in [0.29, 0.717) is 13.0 Å². The van der Waals surface area contributed by atoms with E-state index in [2.05, 4.69) is 19.6 Å². The Morgan fingerprint density at radius 1 is 1.33 bits per heavy atom. The van der Waals surface area contributed by atoms with E-state index in [9.17, 15) is 4.79 Å². The molecule has 0 aliphatic carbocycles. The maximum atomic E-state index is 10.7. The lowest BCUT2D eigenvalue weighted by Crippen LogP contribution is -2.20. The Balaban J connectivity index is 3.28. The Morgan fingerprint density at radius 3 is 2.33 bits per heavy atom. The highest BCUT2D eigenvalue weighted by molar-refractivity contribution is 6.76. The van der Waals surface area contributed by atoms with Crippen LogP contribution >= 0.6 is 0 Å². The summed E-state index contributed by atoms with van der Waals surface area (Å²) in [6.45, 7) is 9.41. The Bertz CT molecular complexity index is 138. The summed E-state index contributed by atoms with van der Waals surface area (Å²) in [7, 11) is -0.931. The fourth-order valence-corrected chi connectivity index (χ4v) is 2.10. The number of carbonyl (C=O) groups is 1. The number of hydrogen-bond donors (Lipinski definition) is 0. The van der Waals surface area contributed by atoms with Crippen molar-refractivity contribution in [2.45, 2.75) is 45.5 Å². The van der Waals surface area contributed by atoms with Crippen LogP contribution in [0.5, 0.6) is 0 Å². The molecule has 0 amide bonds. The van der Waals surface area contributed by atoms with Gasteiger partial charge in [-0.3, -0.25) is 4.79 Å². The lowest BCUT2D eigenvalue weighted by molar-refractivity contribution is -0.143. The van der Waals surface area contributed by atoms with Crippen molar-refractivity contribution in [1.29, 1.82) is 0 Å². The van der Waals surface area contributed by atoms with Crippen LogP contribution in [0.1, 0.15) is 19.8 Å². The van der Waals surface area contributed by atoms with E-state index in [-0.39, 0.29) is 5.97 Å². The van der Waals surface area contributed by atoms with Gasteiger partial charge < -0.3 is 4.74 Å². The smallest absolute Gasteiger partial charge is 0.305 e. The summed E-state index contributed by atoms with van der Waals surface area (Å²) in [5, 5.41) is 0. The SMILES string of the molecule is CCC(=O)OCCC[Si](C)(C)C. The first kappa shape index (κ1) is 11.7. The second-order valence-corrected chi connectivity index (χ2v) is 9.86. The van der Waals surface area contributed by atoms with Crippen LogP contribution in [0.25, 0.3) is 0 Å². The molecule has 0 fully saturated rings. The van der Waals surface area contributed by atoms with Crippen molar-refractivity contribution in [3.63, 3.8) is 0 Å². The van der Waals surface area contributed by atoms with E-state index in [1.807, 2.05) is 6.92 Å². The highest BCUT2D eigenvalue weighted by atomic mass is 28.3. The molecule has 72 valence electrons. The van der Waals surface area contributed by atoms with Crippen molar-refractivity contribution in [3.05, 3.63) is 0 Å². The van der Waals surface area contributed by atoms with Crippen molar-refractivity contribution >= 4 is 14.0 Å². The van der Waals surface area contributed by atoms with Crippen molar-refractivity contribution in [2.24, 2.45) is 0 Å². The Labute approximate surface area is 76.3 Å². The molecular formula is C9H20O2Si. The number of rotatable bonds is 5. The van der Waals surface area contributed by atoms with E-state index < -0.39 is 8.07 Å². The minimum atomic E-state index is -0.931. The molecular weight excluding hydrogens is 168 g/mol. The summed E-state index contributed by atoms with van der Waals surface area (Å²) in [4.78, 5) is 10.7. The molecule has 0 aromatic carbocycles. The number of hydrogen-bond acceptors (Lipinski definition) is 2. The Kier molecular flexibility index (Phi) is 5.21. The Morgan fingerprint density at radius 2 is 1.92 bits per heavy atom. The van der Waals surface area contributed by atoms with Gasteiger partial charge in [-0.15, -0.1) is 0 Å². The molecule has 0 rings (SSSR count). The van der Waals surface area contributed by atoms with Gasteiger partial charge in [0, 0.05) is 14.5 Å². The van der Waals surface area contributed by atoms with Gasteiger partial charge in [0.15, 0.2) is 0 Å². The molecule has 3 heteroatoms. The van der Waals surface area contributed by atoms with Gasteiger partial charge >= 0.3 is 5.97 Å². The lowest BCUT2D eigenvalue weighted by Gasteiger charge is -2.14. The Hall–Kier alpha value is -0.313. The van der Waals surface area contributed by atoms with Gasteiger partial charge in [-0.25, -0.2) is 0 Å². The van der Waals surface area contributed by atoms with Gasteiger partial charge in [0.2, 0.25) is 0 Å². The molecule has 0 saturated heterocycles. The molecule has 2 nitrogen and oxygen atoms in total. The molecule has 12 heavy (non-hydrogen) atoms. The van der Waals surface area contributed by atoms with Gasteiger partial charge in [-0.1, -0.05) is 32.6 Å². The standard InChI is InChI=1S/C9H20O2Si/c1-5-9(10)11-7-6-8-12(2,3)4/h5-8H2,1-4H3. The highest BCUT2D eigenvalue weighted by Gasteiger charge is 2.12. The third-order valence-electron chi connectivity index (χ3n) is 1.62. The minimum absolute atomic E-state index is 0.0782. The molecule has 0 bridgehead atoms. The molecule has 0 aromatic rings. The van der Waals surface area contributed by atoms with Gasteiger partial charge in [0.1, 0.15) is 0 Å². The molecule has 0 aromatic heterocycles. The molecule has 0 unspecified atom stereocenters. The number of carbonyl (C=O) groups excluding carboxylic acids is 1. The third-order valence-corrected chi connectivity index (χ3v) is 3.48. The topological polar surface area (TPSA) is 26.3 Å². The second kappa shape index (κ2) is 5.35. The maximum absolute atomic E-state index is 10.7. The van der Waals surface area contributed by atoms with Crippen LogP contribution in [0.3, 0.4) is 0 Å². The minimum Gasteiger partial charge on any atom is -0.466 e. The monoisotopic (exact) mass is 188 g/mol. The molecule has 0 heterocycles. The number of esters is 1. The summed E-state index contributed by atoms with van der Waals surface area (Å²) in [5.41, 5.74) is 0. The van der Waals surface area contributed by atoms with Crippen LogP contribution in [0, 0.1) is 0 Å². The van der Waals surface area contributed by atoms with Crippen LogP contribution in [-0.4, -0.2) is 20.7 Å². The van der Waals surface area contributed by atoms with E-state index in [4.69, 9.17) is 4.74 Å². The molecule has 0 saturated carbocycles. The van der Waals surface area contributed by atoms with Crippen molar-refractivity contribution in [3.8, 4) is 0 Å². The molecule has 0 spiro atoms. The number of ether oxygens (including phenoxy) is 1.